The average molecular weight is 330 g/mol. The maximum absolute atomic E-state index is 13.6. The van der Waals surface area contributed by atoms with Gasteiger partial charge in [0, 0.05) is 5.56 Å². The van der Waals surface area contributed by atoms with E-state index in [9.17, 15) is 13.6 Å². The molecule has 1 aromatic heterocycles. The van der Waals surface area contributed by atoms with Crippen molar-refractivity contribution in [3.05, 3.63) is 65.4 Å². The van der Waals surface area contributed by atoms with Crippen LogP contribution in [0.5, 0.6) is 5.75 Å². The fraction of sp³-hybridized carbons (Fsp3) is 0.0625. The van der Waals surface area contributed by atoms with E-state index in [1.807, 2.05) is 0 Å². The molecule has 0 atom stereocenters. The molecule has 0 saturated carbocycles. The number of hydrogen-bond donors (Lipinski definition) is 2. The van der Waals surface area contributed by atoms with Crippen LogP contribution in [0.1, 0.15) is 16.1 Å². The third-order valence-corrected chi connectivity index (χ3v) is 3.28. The van der Waals surface area contributed by atoms with Crippen LogP contribution in [-0.2, 0) is 6.61 Å². The Morgan fingerprint density at radius 1 is 1.12 bits per heavy atom. The molecule has 0 saturated heterocycles. The van der Waals surface area contributed by atoms with E-state index >= 15 is 0 Å². The monoisotopic (exact) mass is 330 g/mol. The highest BCUT2D eigenvalue weighted by Gasteiger charge is 2.15. The predicted octanol–water partition coefficient (Wildman–Crippen LogP) is 2.43. The van der Waals surface area contributed by atoms with E-state index in [0.717, 1.165) is 12.1 Å². The van der Waals surface area contributed by atoms with Crippen molar-refractivity contribution in [2.45, 2.75) is 6.61 Å². The number of para-hydroxylation sites is 1. The molecule has 0 bridgehead atoms. The third-order valence-electron chi connectivity index (χ3n) is 3.28. The number of aromatic nitrogens is 3. The van der Waals surface area contributed by atoms with Crippen LogP contribution in [0.2, 0.25) is 0 Å². The second-order valence-corrected chi connectivity index (χ2v) is 4.92. The van der Waals surface area contributed by atoms with Gasteiger partial charge in [0.25, 0.3) is 5.91 Å². The maximum atomic E-state index is 13.6. The molecule has 0 aliphatic rings. The highest BCUT2D eigenvalue weighted by Crippen LogP contribution is 2.24. The number of carbonyl (C=O) groups excluding carboxylic acids is 1. The van der Waals surface area contributed by atoms with Crippen molar-refractivity contribution in [3.63, 3.8) is 0 Å². The van der Waals surface area contributed by atoms with E-state index in [4.69, 9.17) is 10.5 Å². The molecule has 6 nitrogen and oxygen atoms in total. The molecule has 0 radical (unpaired) electrons. The number of nitrogens with two attached hydrogens (primary N) is 1. The number of hydrogen-bond acceptors (Lipinski definition) is 4. The fourth-order valence-electron chi connectivity index (χ4n) is 2.19. The molecule has 24 heavy (non-hydrogen) atoms. The number of nitrogens with zero attached hydrogens (tertiary/aromatic N) is 2. The molecule has 2 aromatic carbocycles. The van der Waals surface area contributed by atoms with Gasteiger partial charge in [0.2, 0.25) is 0 Å². The van der Waals surface area contributed by atoms with Crippen LogP contribution in [0.25, 0.3) is 11.3 Å². The van der Waals surface area contributed by atoms with Crippen LogP contribution >= 0.6 is 0 Å². The molecule has 8 heteroatoms. The Kier molecular flexibility index (Phi) is 4.19. The Morgan fingerprint density at radius 2 is 1.83 bits per heavy atom. The van der Waals surface area contributed by atoms with Gasteiger partial charge in [-0.05, 0) is 23.8 Å². The van der Waals surface area contributed by atoms with Gasteiger partial charge in [-0.2, -0.15) is 15.4 Å². The summed E-state index contributed by atoms with van der Waals surface area (Å²) in [7, 11) is 0. The van der Waals surface area contributed by atoms with Gasteiger partial charge in [0.1, 0.15) is 12.3 Å². The molecule has 0 fully saturated rings. The first-order valence-electron chi connectivity index (χ1n) is 6.93. The summed E-state index contributed by atoms with van der Waals surface area (Å²) in [5, 5.41) is 9.93. The second-order valence-electron chi connectivity index (χ2n) is 4.92. The molecule has 0 spiro atoms. The Balaban J connectivity index is 1.84. The van der Waals surface area contributed by atoms with Gasteiger partial charge in [0.15, 0.2) is 23.1 Å². The van der Waals surface area contributed by atoms with Crippen molar-refractivity contribution in [1.82, 2.24) is 15.4 Å². The zero-order chi connectivity index (χ0) is 17.1. The van der Waals surface area contributed by atoms with Crippen molar-refractivity contribution in [2.75, 3.05) is 0 Å². The van der Waals surface area contributed by atoms with Crippen molar-refractivity contribution in [3.8, 4) is 17.0 Å². The van der Waals surface area contributed by atoms with Crippen LogP contribution in [0.3, 0.4) is 0 Å². The number of aromatic amines is 1. The minimum atomic E-state index is -0.779. The standard InChI is InChI=1S/C16H12F2N4O2/c17-11-5-2-6-12(18)15(11)24-8-9-3-1-4-10(7-9)13-14(16(19)23)21-22-20-13/h1-7H,8H2,(H2,19,23)(H,20,21,22). The number of carbonyl (C=O) groups is 1. The molecule has 0 aliphatic carbocycles. The molecule has 1 heterocycles. The smallest absolute Gasteiger partial charge is 0.271 e. The lowest BCUT2D eigenvalue weighted by Crippen LogP contribution is -2.12. The van der Waals surface area contributed by atoms with E-state index in [1.165, 1.54) is 6.07 Å². The molecular weight excluding hydrogens is 318 g/mol. The Morgan fingerprint density at radius 3 is 2.54 bits per heavy atom. The number of halogens is 2. The van der Waals surface area contributed by atoms with Gasteiger partial charge in [-0.3, -0.25) is 4.79 Å². The Labute approximate surface area is 135 Å². The first-order chi connectivity index (χ1) is 11.6. The quantitative estimate of drug-likeness (QED) is 0.751. The second kappa shape index (κ2) is 6.45. The highest BCUT2D eigenvalue weighted by atomic mass is 19.1. The summed E-state index contributed by atoms with van der Waals surface area (Å²) >= 11 is 0. The lowest BCUT2D eigenvalue weighted by Gasteiger charge is -2.09. The summed E-state index contributed by atoms with van der Waals surface area (Å²) in [6.45, 7) is -0.0601. The zero-order valence-electron chi connectivity index (χ0n) is 12.3. The van der Waals surface area contributed by atoms with E-state index < -0.39 is 23.3 Å². The van der Waals surface area contributed by atoms with Gasteiger partial charge < -0.3 is 10.5 Å². The Hall–Kier alpha value is -3.29. The van der Waals surface area contributed by atoms with Gasteiger partial charge in [-0.15, -0.1) is 0 Å². The van der Waals surface area contributed by atoms with Crippen molar-refractivity contribution >= 4 is 5.91 Å². The average Bonchev–Trinajstić information content (AvgIpc) is 3.04. The van der Waals surface area contributed by atoms with Gasteiger partial charge >= 0.3 is 0 Å². The van der Waals surface area contributed by atoms with E-state index in [2.05, 4.69) is 15.4 Å². The number of primary amides is 1. The minimum absolute atomic E-state index is 0.00761. The van der Waals surface area contributed by atoms with Crippen LogP contribution in [0.4, 0.5) is 8.78 Å². The summed E-state index contributed by atoms with van der Waals surface area (Å²) in [4.78, 5) is 11.3. The van der Waals surface area contributed by atoms with Crippen LogP contribution in [0.15, 0.2) is 42.5 Å². The lowest BCUT2D eigenvalue weighted by atomic mass is 10.1. The molecular formula is C16H12F2N4O2. The SMILES string of the molecule is NC(=O)c1n[nH]nc1-c1cccc(COc2c(F)cccc2F)c1. The normalized spacial score (nSPS) is 10.6. The molecule has 122 valence electrons. The third kappa shape index (κ3) is 3.07. The number of rotatable bonds is 5. The summed E-state index contributed by atoms with van der Waals surface area (Å²) in [5.41, 5.74) is 6.74. The van der Waals surface area contributed by atoms with Crippen molar-refractivity contribution < 1.29 is 18.3 Å². The molecule has 0 unspecified atom stereocenters. The van der Waals surface area contributed by atoms with E-state index in [1.54, 1.807) is 24.3 Å². The number of ether oxygens (including phenoxy) is 1. The summed E-state index contributed by atoms with van der Waals surface area (Å²) in [5.74, 6) is -2.71. The lowest BCUT2D eigenvalue weighted by molar-refractivity contribution is 0.0996. The van der Waals surface area contributed by atoms with E-state index in [-0.39, 0.29) is 12.3 Å². The molecule has 3 aromatic rings. The summed E-state index contributed by atoms with van der Waals surface area (Å²) in [6, 6.07) is 10.3. The van der Waals surface area contributed by atoms with Gasteiger partial charge in [0.05, 0.1) is 0 Å². The largest absolute Gasteiger partial charge is 0.483 e. The molecule has 3 rings (SSSR count). The predicted molar refractivity (Wildman–Crippen MR) is 81.0 cm³/mol. The molecule has 0 aliphatic heterocycles. The minimum Gasteiger partial charge on any atom is -0.483 e. The number of nitrogens with one attached hydrogen (secondary N) is 1. The summed E-state index contributed by atoms with van der Waals surface area (Å²) in [6.07, 6.45) is 0. The number of H-pyrrole nitrogens is 1. The molecule has 3 N–H and O–H groups in total. The van der Waals surface area contributed by atoms with Crippen LogP contribution < -0.4 is 10.5 Å². The van der Waals surface area contributed by atoms with Gasteiger partial charge in [-0.25, -0.2) is 8.78 Å². The fourth-order valence-corrected chi connectivity index (χ4v) is 2.19. The topological polar surface area (TPSA) is 93.9 Å². The summed E-state index contributed by atoms with van der Waals surface area (Å²) < 4.78 is 32.3. The van der Waals surface area contributed by atoms with Gasteiger partial charge in [-0.1, -0.05) is 24.3 Å². The van der Waals surface area contributed by atoms with Crippen LogP contribution in [0, 0.1) is 11.6 Å². The van der Waals surface area contributed by atoms with Crippen molar-refractivity contribution in [2.24, 2.45) is 5.73 Å². The van der Waals surface area contributed by atoms with E-state index in [0.29, 0.717) is 16.8 Å². The first kappa shape index (κ1) is 15.6. The molecule has 1 amide bonds. The first-order valence-corrected chi connectivity index (χ1v) is 6.93. The Bertz CT molecular complexity index is 875. The van der Waals surface area contributed by atoms with Crippen LogP contribution in [-0.4, -0.2) is 21.3 Å². The zero-order valence-corrected chi connectivity index (χ0v) is 12.3. The maximum Gasteiger partial charge on any atom is 0.271 e. The highest BCUT2D eigenvalue weighted by molar-refractivity contribution is 5.96. The number of benzene rings is 2. The van der Waals surface area contributed by atoms with Crippen molar-refractivity contribution in [1.29, 1.82) is 0 Å². The number of amides is 1.